The van der Waals surface area contributed by atoms with Crippen LogP contribution < -0.4 is 9.47 Å². The molecular weight excluding hydrogens is 340 g/mol. The minimum absolute atomic E-state index is 0.746. The molecule has 0 radical (unpaired) electrons. The number of alkyl halides is 1. The van der Waals surface area contributed by atoms with Crippen LogP contribution in [0.3, 0.4) is 0 Å². The standard InChI is InChI=1S/C19H25BrO2/c1-2-3-4-5-12-21-18-9-7-17-15-19(22-13-6-11-20)10-8-16(17)14-18/h7-10,14-15H,2-6,11-13H2,1H3. The van der Waals surface area contributed by atoms with E-state index in [1.165, 1.54) is 30.0 Å². The maximum atomic E-state index is 5.83. The average Bonchev–Trinajstić information content (AvgIpc) is 2.55. The molecule has 0 unspecified atom stereocenters. The molecule has 2 rings (SSSR count). The fourth-order valence-corrected chi connectivity index (χ4v) is 2.57. The Bertz CT molecular complexity index is 568. The molecule has 2 nitrogen and oxygen atoms in total. The zero-order chi connectivity index (χ0) is 15.6. The number of rotatable bonds is 10. The summed E-state index contributed by atoms with van der Waals surface area (Å²) in [5.74, 6) is 1.89. The highest BCUT2D eigenvalue weighted by Crippen LogP contribution is 2.25. The molecule has 0 aliphatic heterocycles. The third-order valence-corrected chi connectivity index (χ3v) is 4.16. The van der Waals surface area contributed by atoms with Gasteiger partial charge in [0.1, 0.15) is 11.5 Å². The molecule has 0 saturated carbocycles. The Morgan fingerprint density at radius 1 is 0.773 bits per heavy atom. The summed E-state index contributed by atoms with van der Waals surface area (Å²) in [5.41, 5.74) is 0. The van der Waals surface area contributed by atoms with Gasteiger partial charge in [0.2, 0.25) is 0 Å². The lowest BCUT2D eigenvalue weighted by Crippen LogP contribution is -1.98. The van der Waals surface area contributed by atoms with E-state index < -0.39 is 0 Å². The molecule has 0 amide bonds. The molecule has 0 aliphatic carbocycles. The number of ether oxygens (including phenoxy) is 2. The molecule has 2 aromatic rings. The maximum Gasteiger partial charge on any atom is 0.119 e. The number of hydrogen-bond donors (Lipinski definition) is 0. The molecule has 3 heteroatoms. The first-order chi connectivity index (χ1) is 10.8. The van der Waals surface area contributed by atoms with Crippen LogP contribution in [0.4, 0.5) is 0 Å². The number of unbranched alkanes of at least 4 members (excludes halogenated alkanes) is 3. The number of benzene rings is 2. The Balaban J connectivity index is 1.91. The van der Waals surface area contributed by atoms with E-state index in [4.69, 9.17) is 9.47 Å². The van der Waals surface area contributed by atoms with Crippen LogP contribution in [-0.2, 0) is 0 Å². The zero-order valence-electron chi connectivity index (χ0n) is 13.3. The smallest absolute Gasteiger partial charge is 0.119 e. The van der Waals surface area contributed by atoms with E-state index in [0.717, 1.165) is 42.9 Å². The lowest BCUT2D eigenvalue weighted by atomic mass is 10.1. The van der Waals surface area contributed by atoms with Gasteiger partial charge in [-0.25, -0.2) is 0 Å². The normalized spacial score (nSPS) is 10.8. The van der Waals surface area contributed by atoms with Crippen LogP contribution in [0.15, 0.2) is 36.4 Å². The Kier molecular flexibility index (Phi) is 7.58. The van der Waals surface area contributed by atoms with Crippen molar-refractivity contribution in [2.45, 2.75) is 39.0 Å². The minimum atomic E-state index is 0.746. The maximum absolute atomic E-state index is 5.83. The first-order valence-electron chi connectivity index (χ1n) is 8.19. The molecule has 0 bridgehead atoms. The second kappa shape index (κ2) is 9.73. The van der Waals surface area contributed by atoms with Gasteiger partial charge >= 0.3 is 0 Å². The lowest BCUT2D eigenvalue weighted by Gasteiger charge is -2.09. The third-order valence-electron chi connectivity index (χ3n) is 3.60. The van der Waals surface area contributed by atoms with Crippen molar-refractivity contribution in [3.63, 3.8) is 0 Å². The van der Waals surface area contributed by atoms with E-state index in [1.807, 2.05) is 12.1 Å². The van der Waals surface area contributed by atoms with Gasteiger partial charge in [0.25, 0.3) is 0 Å². The molecule has 0 N–H and O–H groups in total. The molecule has 2 aromatic carbocycles. The van der Waals surface area contributed by atoms with Crippen LogP contribution in [0.25, 0.3) is 10.8 Å². The Labute approximate surface area is 141 Å². The van der Waals surface area contributed by atoms with E-state index in [2.05, 4.69) is 47.1 Å². The largest absolute Gasteiger partial charge is 0.494 e. The first-order valence-corrected chi connectivity index (χ1v) is 9.31. The van der Waals surface area contributed by atoms with Crippen molar-refractivity contribution in [3.05, 3.63) is 36.4 Å². The SMILES string of the molecule is CCCCCCOc1ccc2cc(OCCCBr)ccc2c1. The molecule has 0 heterocycles. The zero-order valence-corrected chi connectivity index (χ0v) is 14.9. The van der Waals surface area contributed by atoms with Gasteiger partial charge in [-0.05, 0) is 47.9 Å². The topological polar surface area (TPSA) is 18.5 Å². The van der Waals surface area contributed by atoms with Crippen LogP contribution in [0.5, 0.6) is 11.5 Å². The highest BCUT2D eigenvalue weighted by molar-refractivity contribution is 9.09. The second-order valence-corrected chi connectivity index (χ2v) is 6.26. The van der Waals surface area contributed by atoms with Gasteiger partial charge in [0.15, 0.2) is 0 Å². The first kappa shape index (κ1) is 17.1. The quantitative estimate of drug-likeness (QED) is 0.382. The summed E-state index contributed by atoms with van der Waals surface area (Å²) >= 11 is 3.41. The average molecular weight is 365 g/mol. The molecule has 0 aromatic heterocycles. The fourth-order valence-electron chi connectivity index (χ4n) is 2.34. The van der Waals surface area contributed by atoms with Gasteiger partial charge in [0.05, 0.1) is 13.2 Å². The summed E-state index contributed by atoms with van der Waals surface area (Å²) in [4.78, 5) is 0. The van der Waals surface area contributed by atoms with Gasteiger partial charge in [-0.2, -0.15) is 0 Å². The van der Waals surface area contributed by atoms with Gasteiger partial charge in [-0.15, -0.1) is 0 Å². The number of hydrogen-bond acceptors (Lipinski definition) is 2. The van der Waals surface area contributed by atoms with Crippen LogP contribution in [0, 0.1) is 0 Å². The Morgan fingerprint density at radius 3 is 1.91 bits per heavy atom. The predicted molar refractivity (Wildman–Crippen MR) is 97.5 cm³/mol. The highest BCUT2D eigenvalue weighted by atomic mass is 79.9. The van der Waals surface area contributed by atoms with Gasteiger partial charge in [-0.3, -0.25) is 0 Å². The molecule has 22 heavy (non-hydrogen) atoms. The fraction of sp³-hybridized carbons (Fsp3) is 0.474. The van der Waals surface area contributed by atoms with Crippen LogP contribution >= 0.6 is 15.9 Å². The number of fused-ring (bicyclic) bond motifs is 1. The van der Waals surface area contributed by atoms with E-state index in [9.17, 15) is 0 Å². The van der Waals surface area contributed by atoms with E-state index >= 15 is 0 Å². The van der Waals surface area contributed by atoms with Gasteiger partial charge < -0.3 is 9.47 Å². The van der Waals surface area contributed by atoms with Crippen LogP contribution in [0.1, 0.15) is 39.0 Å². The van der Waals surface area contributed by atoms with Crippen molar-refractivity contribution >= 4 is 26.7 Å². The summed E-state index contributed by atoms with van der Waals surface area (Å²) < 4.78 is 11.6. The van der Waals surface area contributed by atoms with Gasteiger partial charge in [0, 0.05) is 5.33 Å². The van der Waals surface area contributed by atoms with Crippen molar-refractivity contribution in [3.8, 4) is 11.5 Å². The molecule has 0 spiro atoms. The van der Waals surface area contributed by atoms with Crippen LogP contribution in [0.2, 0.25) is 0 Å². The monoisotopic (exact) mass is 364 g/mol. The summed E-state index contributed by atoms with van der Waals surface area (Å²) in [6.45, 7) is 3.77. The third kappa shape index (κ3) is 5.53. The molecule has 0 atom stereocenters. The Hall–Kier alpha value is -1.22. The molecule has 0 saturated heterocycles. The molecular formula is C19H25BrO2. The summed E-state index contributed by atoms with van der Waals surface area (Å²) in [7, 11) is 0. The van der Waals surface area contributed by atoms with E-state index in [0.29, 0.717) is 0 Å². The highest BCUT2D eigenvalue weighted by Gasteiger charge is 2.01. The Morgan fingerprint density at radius 2 is 1.36 bits per heavy atom. The lowest BCUT2D eigenvalue weighted by molar-refractivity contribution is 0.305. The van der Waals surface area contributed by atoms with Crippen molar-refractivity contribution in [1.82, 2.24) is 0 Å². The minimum Gasteiger partial charge on any atom is -0.494 e. The molecule has 0 fully saturated rings. The predicted octanol–water partition coefficient (Wildman–Crippen LogP) is 5.96. The summed E-state index contributed by atoms with van der Waals surface area (Å²) in [6, 6.07) is 12.5. The van der Waals surface area contributed by atoms with Crippen molar-refractivity contribution in [2.75, 3.05) is 18.5 Å². The van der Waals surface area contributed by atoms with Crippen molar-refractivity contribution in [2.24, 2.45) is 0 Å². The van der Waals surface area contributed by atoms with Crippen molar-refractivity contribution < 1.29 is 9.47 Å². The summed E-state index contributed by atoms with van der Waals surface area (Å²) in [5, 5.41) is 3.35. The summed E-state index contributed by atoms with van der Waals surface area (Å²) in [6.07, 6.45) is 5.95. The van der Waals surface area contributed by atoms with Crippen molar-refractivity contribution in [1.29, 1.82) is 0 Å². The molecule has 0 aliphatic rings. The van der Waals surface area contributed by atoms with E-state index in [1.54, 1.807) is 0 Å². The van der Waals surface area contributed by atoms with Gasteiger partial charge in [-0.1, -0.05) is 54.2 Å². The van der Waals surface area contributed by atoms with Crippen LogP contribution in [-0.4, -0.2) is 18.5 Å². The number of halogens is 1. The second-order valence-electron chi connectivity index (χ2n) is 5.47. The van der Waals surface area contributed by atoms with E-state index in [-0.39, 0.29) is 0 Å². The molecule has 120 valence electrons.